The fraction of sp³-hybridized carbons (Fsp3) is 0.857. The van der Waals surface area contributed by atoms with Crippen LogP contribution in [0.25, 0.3) is 0 Å². The Morgan fingerprint density at radius 1 is 1.31 bits per heavy atom. The predicted octanol–water partition coefficient (Wildman–Crippen LogP) is -2.91. The minimum absolute atomic E-state index is 0.0926. The maximum atomic E-state index is 10.9. The summed E-state index contributed by atoms with van der Waals surface area (Å²) in [6.45, 7) is 0.472. The third-order valence-corrected chi connectivity index (χ3v) is 1.77. The summed E-state index contributed by atoms with van der Waals surface area (Å²) < 4.78 is 0. The molecule has 0 aliphatic heterocycles. The Balaban J connectivity index is 4.20. The van der Waals surface area contributed by atoms with Crippen LogP contribution in [0.1, 0.15) is 0 Å². The molecule has 0 rings (SSSR count). The predicted molar refractivity (Wildman–Crippen MR) is 47.8 cm³/mol. The summed E-state index contributed by atoms with van der Waals surface area (Å²) in [5.74, 6) is -0.538. The number of carbonyl (C=O) groups is 1. The van der Waals surface area contributed by atoms with Crippen molar-refractivity contribution in [3.63, 3.8) is 0 Å². The molecule has 0 aliphatic carbocycles. The van der Waals surface area contributed by atoms with Crippen molar-refractivity contribution in [2.75, 3.05) is 32.8 Å². The second kappa shape index (κ2) is 6.79. The van der Waals surface area contributed by atoms with Gasteiger partial charge in [0.25, 0.3) is 0 Å². The number of primary amides is 1. The van der Waals surface area contributed by atoms with E-state index < -0.39 is 11.9 Å². The summed E-state index contributed by atoms with van der Waals surface area (Å²) in [4.78, 5) is 12.4. The second-order valence-corrected chi connectivity index (χ2v) is 2.64. The van der Waals surface area contributed by atoms with Crippen LogP contribution in [0.2, 0.25) is 0 Å². The Labute approximate surface area is 77.1 Å². The number of rotatable bonds is 7. The monoisotopic (exact) mass is 191 g/mol. The standard InChI is InChI=1S/C7H17N3O3/c8-5-6(7(9)13)10(1-3-11)2-4-12/h6,11-12H,1-5,8H2,(H2,9,13). The summed E-state index contributed by atoms with van der Waals surface area (Å²) in [5, 5.41) is 17.3. The summed E-state index contributed by atoms with van der Waals surface area (Å²) in [5.41, 5.74) is 10.4. The Kier molecular flexibility index (Phi) is 6.43. The smallest absolute Gasteiger partial charge is 0.236 e. The highest BCUT2D eigenvalue weighted by Gasteiger charge is 2.20. The zero-order valence-corrected chi connectivity index (χ0v) is 7.52. The van der Waals surface area contributed by atoms with Crippen LogP contribution in [-0.2, 0) is 4.79 Å². The van der Waals surface area contributed by atoms with Gasteiger partial charge in [0.15, 0.2) is 0 Å². The molecule has 13 heavy (non-hydrogen) atoms. The first-order chi connectivity index (χ1) is 6.17. The van der Waals surface area contributed by atoms with Crippen molar-refractivity contribution in [2.45, 2.75) is 6.04 Å². The zero-order chi connectivity index (χ0) is 10.3. The lowest BCUT2D eigenvalue weighted by Gasteiger charge is -2.26. The molecular formula is C7H17N3O3. The molecule has 0 spiro atoms. The molecule has 6 nitrogen and oxygen atoms in total. The van der Waals surface area contributed by atoms with Gasteiger partial charge in [-0.25, -0.2) is 0 Å². The third kappa shape index (κ3) is 4.18. The molecule has 0 heterocycles. The molecule has 1 amide bonds. The molecule has 0 bridgehead atoms. The lowest BCUT2D eigenvalue weighted by Crippen LogP contribution is -2.51. The lowest BCUT2D eigenvalue weighted by molar-refractivity contribution is -0.123. The molecule has 0 aromatic carbocycles. The number of hydrogen-bond donors (Lipinski definition) is 4. The normalized spacial score (nSPS) is 13.2. The van der Waals surface area contributed by atoms with Gasteiger partial charge in [-0.15, -0.1) is 0 Å². The van der Waals surface area contributed by atoms with Gasteiger partial charge in [-0.05, 0) is 0 Å². The summed E-state index contributed by atoms with van der Waals surface area (Å²) in [6.07, 6.45) is 0. The van der Waals surface area contributed by atoms with Crippen LogP contribution in [0.3, 0.4) is 0 Å². The Bertz CT molecular complexity index is 148. The van der Waals surface area contributed by atoms with Gasteiger partial charge in [-0.1, -0.05) is 0 Å². The van der Waals surface area contributed by atoms with E-state index in [1.807, 2.05) is 0 Å². The fourth-order valence-electron chi connectivity index (χ4n) is 1.13. The van der Waals surface area contributed by atoms with E-state index in [0.29, 0.717) is 0 Å². The van der Waals surface area contributed by atoms with Gasteiger partial charge >= 0.3 is 0 Å². The van der Waals surface area contributed by atoms with Crippen molar-refractivity contribution in [3.05, 3.63) is 0 Å². The summed E-state index contributed by atoms with van der Waals surface area (Å²) in [6, 6.07) is -0.612. The van der Waals surface area contributed by atoms with E-state index in [9.17, 15) is 4.79 Å². The maximum absolute atomic E-state index is 10.9. The first-order valence-corrected chi connectivity index (χ1v) is 4.12. The molecule has 0 radical (unpaired) electrons. The quantitative estimate of drug-likeness (QED) is 0.344. The third-order valence-electron chi connectivity index (χ3n) is 1.77. The highest BCUT2D eigenvalue weighted by molar-refractivity contribution is 5.80. The number of aliphatic hydroxyl groups is 2. The molecule has 0 aromatic rings. The number of amides is 1. The van der Waals surface area contributed by atoms with Gasteiger partial charge < -0.3 is 21.7 Å². The topological polar surface area (TPSA) is 113 Å². The van der Waals surface area contributed by atoms with Gasteiger partial charge in [-0.2, -0.15) is 0 Å². The van der Waals surface area contributed by atoms with Gasteiger partial charge in [-0.3, -0.25) is 9.69 Å². The van der Waals surface area contributed by atoms with E-state index in [0.717, 1.165) is 0 Å². The molecule has 0 fully saturated rings. The molecule has 0 saturated carbocycles. The van der Waals surface area contributed by atoms with E-state index in [4.69, 9.17) is 21.7 Å². The minimum Gasteiger partial charge on any atom is -0.395 e. The van der Waals surface area contributed by atoms with E-state index in [2.05, 4.69) is 0 Å². The highest BCUT2D eigenvalue weighted by Crippen LogP contribution is 1.96. The lowest BCUT2D eigenvalue weighted by atomic mass is 10.2. The number of nitrogens with zero attached hydrogens (tertiary/aromatic N) is 1. The highest BCUT2D eigenvalue weighted by atomic mass is 16.3. The van der Waals surface area contributed by atoms with E-state index >= 15 is 0 Å². The van der Waals surface area contributed by atoms with Gasteiger partial charge in [0.05, 0.1) is 13.2 Å². The van der Waals surface area contributed by atoms with Crippen LogP contribution in [0, 0.1) is 0 Å². The van der Waals surface area contributed by atoms with Crippen LogP contribution in [0.5, 0.6) is 0 Å². The van der Waals surface area contributed by atoms with Crippen LogP contribution in [0.4, 0.5) is 0 Å². The van der Waals surface area contributed by atoms with Crippen LogP contribution >= 0.6 is 0 Å². The number of aliphatic hydroxyl groups excluding tert-OH is 2. The number of hydrogen-bond acceptors (Lipinski definition) is 5. The average Bonchev–Trinajstić information content (AvgIpc) is 2.05. The fourth-order valence-corrected chi connectivity index (χ4v) is 1.13. The average molecular weight is 191 g/mol. The van der Waals surface area contributed by atoms with Crippen molar-refractivity contribution in [3.8, 4) is 0 Å². The molecule has 6 N–H and O–H groups in total. The Morgan fingerprint density at radius 3 is 2.00 bits per heavy atom. The first-order valence-electron chi connectivity index (χ1n) is 4.12. The van der Waals surface area contributed by atoms with Gasteiger partial charge in [0, 0.05) is 19.6 Å². The van der Waals surface area contributed by atoms with Crippen LogP contribution in [-0.4, -0.2) is 59.9 Å². The summed E-state index contributed by atoms with van der Waals surface area (Å²) >= 11 is 0. The van der Waals surface area contributed by atoms with E-state index in [1.165, 1.54) is 0 Å². The van der Waals surface area contributed by atoms with Crippen molar-refractivity contribution >= 4 is 5.91 Å². The van der Waals surface area contributed by atoms with Crippen molar-refractivity contribution < 1.29 is 15.0 Å². The zero-order valence-electron chi connectivity index (χ0n) is 7.52. The van der Waals surface area contributed by atoms with Crippen LogP contribution in [0.15, 0.2) is 0 Å². The molecule has 6 heteroatoms. The van der Waals surface area contributed by atoms with Crippen LogP contribution < -0.4 is 11.5 Å². The summed E-state index contributed by atoms with van der Waals surface area (Å²) in [7, 11) is 0. The molecule has 1 unspecified atom stereocenters. The number of carbonyl (C=O) groups excluding carboxylic acids is 1. The minimum atomic E-state index is -0.612. The SMILES string of the molecule is NCC(C(N)=O)N(CCO)CCO. The maximum Gasteiger partial charge on any atom is 0.236 e. The second-order valence-electron chi connectivity index (χ2n) is 2.64. The molecule has 0 saturated heterocycles. The molecular weight excluding hydrogens is 174 g/mol. The van der Waals surface area contributed by atoms with Crippen molar-refractivity contribution in [1.29, 1.82) is 0 Å². The van der Waals surface area contributed by atoms with Crippen molar-refractivity contribution in [1.82, 2.24) is 4.90 Å². The Hall–Kier alpha value is -0.690. The van der Waals surface area contributed by atoms with E-state index in [-0.39, 0.29) is 32.8 Å². The molecule has 0 aromatic heterocycles. The van der Waals surface area contributed by atoms with Gasteiger partial charge in [0.2, 0.25) is 5.91 Å². The van der Waals surface area contributed by atoms with E-state index in [1.54, 1.807) is 4.90 Å². The van der Waals surface area contributed by atoms with Crippen molar-refractivity contribution in [2.24, 2.45) is 11.5 Å². The number of nitrogens with two attached hydrogens (primary N) is 2. The molecule has 0 aliphatic rings. The Morgan fingerprint density at radius 2 is 1.77 bits per heavy atom. The molecule has 1 atom stereocenters. The largest absolute Gasteiger partial charge is 0.395 e. The van der Waals surface area contributed by atoms with Gasteiger partial charge in [0.1, 0.15) is 6.04 Å². The molecule has 78 valence electrons. The first kappa shape index (κ1) is 12.3.